The van der Waals surface area contributed by atoms with Crippen LogP contribution in [0.3, 0.4) is 0 Å². The summed E-state index contributed by atoms with van der Waals surface area (Å²) in [6.45, 7) is 2.30. The molecule has 0 bridgehead atoms. The van der Waals surface area contributed by atoms with Crippen LogP contribution in [-0.2, 0) is 0 Å². The molecule has 1 heterocycles. The number of halogens is 2. The first kappa shape index (κ1) is 11.5. The summed E-state index contributed by atoms with van der Waals surface area (Å²) in [5.41, 5.74) is 1.55. The predicted octanol–water partition coefficient (Wildman–Crippen LogP) is 4.46. The maximum Gasteiger partial charge on any atom is 0.198 e. The zero-order chi connectivity index (χ0) is 9.03. The van der Waals surface area contributed by atoms with E-state index in [0.29, 0.717) is 0 Å². The van der Waals surface area contributed by atoms with Gasteiger partial charge in [-0.15, -0.1) is 30.6 Å². The molecule has 0 aromatic heterocycles. The maximum absolute atomic E-state index is 3.91. The molecule has 0 amide bonds. The van der Waals surface area contributed by atoms with Crippen LogP contribution in [0.1, 0.15) is 26.2 Å². The molecule has 0 unspecified atom stereocenters. The molecule has 0 nitrogen and oxygen atoms in total. The first-order valence-corrected chi connectivity index (χ1v) is 13.9. The molecule has 1 rings (SSSR count). The van der Waals surface area contributed by atoms with Gasteiger partial charge in [-0.2, -0.15) is 0 Å². The monoisotopic (exact) mass is 327 g/mol. The molecule has 0 spiro atoms. The Morgan fingerprint density at radius 3 is 2.75 bits per heavy atom. The van der Waals surface area contributed by atoms with Crippen molar-refractivity contribution in [2.75, 3.05) is 0 Å². The largest absolute Gasteiger partial charge is 0.198 e. The minimum absolute atomic E-state index is 0.0508. The molecule has 1 aliphatic rings. The number of unbranched alkanes of at least 4 members (excludes halogenated alkanes) is 1. The lowest BCUT2D eigenvalue weighted by Gasteiger charge is -2.29. The fourth-order valence-corrected chi connectivity index (χ4v) is 18.5. The van der Waals surface area contributed by atoms with Gasteiger partial charge < -0.3 is 0 Å². The van der Waals surface area contributed by atoms with Crippen molar-refractivity contribution in [2.24, 2.45) is 0 Å². The van der Waals surface area contributed by atoms with Crippen LogP contribution in [-0.4, -0.2) is 14.1 Å². The molecule has 0 aliphatic carbocycles. The lowest BCUT2D eigenvalue weighted by molar-refractivity contribution is 0.862. The van der Waals surface area contributed by atoms with Crippen molar-refractivity contribution < 1.29 is 0 Å². The molecule has 1 saturated heterocycles. The second kappa shape index (κ2) is 5.32. The topological polar surface area (TPSA) is 0 Å². The van der Waals surface area contributed by atoms with Gasteiger partial charge in [0.05, 0.1) is 0 Å². The lowest BCUT2D eigenvalue weighted by Crippen LogP contribution is -2.32. The van der Waals surface area contributed by atoms with Gasteiger partial charge in [0.1, 0.15) is 0 Å². The third-order valence-corrected chi connectivity index (χ3v) is 17.2. The van der Waals surface area contributed by atoms with Crippen molar-refractivity contribution in [3.05, 3.63) is 0 Å². The third kappa shape index (κ3) is 4.07. The van der Waals surface area contributed by atoms with Crippen LogP contribution in [0.25, 0.3) is 0 Å². The fourth-order valence-electron chi connectivity index (χ4n) is 1.78. The van der Waals surface area contributed by atoms with Crippen molar-refractivity contribution >= 4 is 44.7 Å². The van der Waals surface area contributed by atoms with E-state index in [1.165, 1.54) is 25.3 Å². The van der Waals surface area contributed by atoms with E-state index in [2.05, 4.69) is 37.5 Å². The van der Waals surface area contributed by atoms with Gasteiger partial charge >= 0.3 is 0 Å². The SMILES string of the molecule is CCCC[Si]1CCC[Si](Br)(Br)C1. The molecule has 0 atom stereocenters. The van der Waals surface area contributed by atoms with Gasteiger partial charge in [-0.3, -0.25) is 0 Å². The smallest absolute Gasteiger partial charge is 0.111 e. The van der Waals surface area contributed by atoms with Gasteiger partial charge in [0, 0.05) is 8.80 Å². The van der Waals surface area contributed by atoms with E-state index in [1.807, 2.05) is 0 Å². The zero-order valence-electron chi connectivity index (χ0n) is 7.71. The summed E-state index contributed by atoms with van der Waals surface area (Å²) in [4.78, 5) is 0. The summed E-state index contributed by atoms with van der Waals surface area (Å²) in [7, 11) is 0.0508. The molecular weight excluding hydrogens is 312 g/mol. The van der Waals surface area contributed by atoms with Crippen LogP contribution < -0.4 is 0 Å². The molecular formula is C8H17Br2Si2. The highest BCUT2D eigenvalue weighted by Crippen LogP contribution is 2.39. The van der Waals surface area contributed by atoms with Gasteiger partial charge in [-0.25, -0.2) is 0 Å². The Bertz CT molecular complexity index is 139. The van der Waals surface area contributed by atoms with E-state index in [4.69, 9.17) is 0 Å². The van der Waals surface area contributed by atoms with Gasteiger partial charge in [0.2, 0.25) is 0 Å². The van der Waals surface area contributed by atoms with Gasteiger partial charge in [0.15, 0.2) is 5.31 Å². The van der Waals surface area contributed by atoms with Crippen molar-refractivity contribution in [3.63, 3.8) is 0 Å². The molecule has 0 N–H and O–H groups in total. The summed E-state index contributed by atoms with van der Waals surface area (Å²) < 4.78 is 0. The van der Waals surface area contributed by atoms with Crippen LogP contribution in [0.15, 0.2) is 0 Å². The van der Waals surface area contributed by atoms with Crippen molar-refractivity contribution in [1.29, 1.82) is 0 Å². The molecule has 0 aromatic carbocycles. The van der Waals surface area contributed by atoms with E-state index >= 15 is 0 Å². The lowest BCUT2D eigenvalue weighted by atomic mass is 10.4. The van der Waals surface area contributed by atoms with E-state index in [1.54, 1.807) is 17.8 Å². The van der Waals surface area contributed by atoms with Crippen molar-refractivity contribution in [2.45, 2.75) is 50.0 Å². The van der Waals surface area contributed by atoms with Crippen molar-refractivity contribution in [3.8, 4) is 0 Å². The molecule has 12 heavy (non-hydrogen) atoms. The molecule has 4 heteroatoms. The van der Waals surface area contributed by atoms with E-state index < -0.39 is 5.31 Å². The van der Waals surface area contributed by atoms with Crippen LogP contribution in [0.4, 0.5) is 0 Å². The van der Waals surface area contributed by atoms with E-state index in [9.17, 15) is 0 Å². The minimum atomic E-state index is -1.03. The molecule has 0 aromatic rings. The van der Waals surface area contributed by atoms with Gasteiger partial charge in [-0.1, -0.05) is 38.3 Å². The standard InChI is InChI=1S/C8H17Br2Si2/c1-2-3-5-11-6-4-7-12(9,10)8-11/h2-8H2,1H3. The Hall–Kier alpha value is 1.39. The Morgan fingerprint density at radius 1 is 1.42 bits per heavy atom. The predicted molar refractivity (Wildman–Crippen MR) is 68.1 cm³/mol. The van der Waals surface area contributed by atoms with Gasteiger partial charge in [-0.05, 0) is 11.7 Å². The molecule has 1 aliphatic heterocycles. The first-order valence-electron chi connectivity index (χ1n) is 4.85. The maximum atomic E-state index is 3.91. The Morgan fingerprint density at radius 2 is 2.17 bits per heavy atom. The quantitative estimate of drug-likeness (QED) is 0.530. The second-order valence-electron chi connectivity index (χ2n) is 3.74. The Labute approximate surface area is 94.3 Å². The van der Waals surface area contributed by atoms with Crippen LogP contribution in [0, 0.1) is 0 Å². The van der Waals surface area contributed by atoms with Gasteiger partial charge in [0.25, 0.3) is 0 Å². The summed E-state index contributed by atoms with van der Waals surface area (Å²) in [5, 5.41) is -1.03. The zero-order valence-corrected chi connectivity index (χ0v) is 12.9. The van der Waals surface area contributed by atoms with E-state index in [0.717, 1.165) is 0 Å². The fraction of sp³-hybridized carbons (Fsp3) is 1.00. The summed E-state index contributed by atoms with van der Waals surface area (Å²) in [6.07, 6.45) is 4.34. The summed E-state index contributed by atoms with van der Waals surface area (Å²) in [5.74, 6) is 0. The Balaban J connectivity index is 2.26. The highest BCUT2D eigenvalue weighted by Gasteiger charge is 2.34. The average molecular weight is 329 g/mol. The van der Waals surface area contributed by atoms with Crippen molar-refractivity contribution in [1.82, 2.24) is 0 Å². The summed E-state index contributed by atoms with van der Waals surface area (Å²) >= 11 is 7.81. The average Bonchev–Trinajstić information content (AvgIpc) is 1.99. The number of hydrogen-bond acceptors (Lipinski definition) is 0. The number of hydrogen-bond donors (Lipinski definition) is 0. The summed E-state index contributed by atoms with van der Waals surface area (Å²) in [6, 6.07) is 4.59. The minimum Gasteiger partial charge on any atom is -0.111 e. The van der Waals surface area contributed by atoms with Crippen LogP contribution >= 0.6 is 30.6 Å². The second-order valence-corrected chi connectivity index (χ2v) is 22.2. The number of rotatable bonds is 3. The Kier molecular flexibility index (Phi) is 5.08. The molecule has 71 valence electrons. The van der Waals surface area contributed by atoms with E-state index in [-0.39, 0.29) is 8.80 Å². The third-order valence-electron chi connectivity index (χ3n) is 2.47. The molecule has 0 saturated carbocycles. The van der Waals surface area contributed by atoms with Crippen LogP contribution in [0.2, 0.25) is 23.8 Å². The highest BCUT2D eigenvalue weighted by molar-refractivity contribution is 9.51. The molecule has 1 radical (unpaired) electrons. The first-order chi connectivity index (χ1) is 5.64. The highest BCUT2D eigenvalue weighted by atomic mass is 79.9. The molecule has 1 fully saturated rings. The normalized spacial score (nSPS) is 24.2. The van der Waals surface area contributed by atoms with Crippen LogP contribution in [0.5, 0.6) is 0 Å².